The lowest BCUT2D eigenvalue weighted by molar-refractivity contribution is 0.720. The Labute approximate surface area is 95.4 Å². The number of hydrogen-bond donors (Lipinski definition) is 1. The van der Waals surface area contributed by atoms with Crippen LogP contribution in [0.2, 0.25) is 0 Å². The van der Waals surface area contributed by atoms with Crippen LogP contribution in [0.1, 0.15) is 24.5 Å². The number of aromatic nitrogens is 3. The van der Waals surface area contributed by atoms with Crippen molar-refractivity contribution in [3.63, 3.8) is 0 Å². The first-order chi connectivity index (χ1) is 7.68. The van der Waals surface area contributed by atoms with Crippen LogP contribution in [0.15, 0.2) is 30.7 Å². The number of anilines is 1. The average molecular weight is 216 g/mol. The molecule has 16 heavy (non-hydrogen) atoms. The third-order valence-electron chi connectivity index (χ3n) is 2.62. The van der Waals surface area contributed by atoms with E-state index >= 15 is 0 Å². The number of imidazole rings is 1. The van der Waals surface area contributed by atoms with E-state index in [0.717, 1.165) is 17.2 Å². The SMILES string of the molecule is Cc1ncccc1NC(C)c1nccn1C. The van der Waals surface area contributed by atoms with Crippen LogP contribution >= 0.6 is 0 Å². The summed E-state index contributed by atoms with van der Waals surface area (Å²) in [7, 11) is 2.00. The summed E-state index contributed by atoms with van der Waals surface area (Å²) < 4.78 is 2.02. The molecular formula is C12H16N4. The highest BCUT2D eigenvalue weighted by molar-refractivity contribution is 5.47. The lowest BCUT2D eigenvalue weighted by Gasteiger charge is -2.16. The predicted molar refractivity (Wildman–Crippen MR) is 64.2 cm³/mol. The smallest absolute Gasteiger partial charge is 0.130 e. The van der Waals surface area contributed by atoms with Crippen LogP contribution < -0.4 is 5.32 Å². The van der Waals surface area contributed by atoms with Gasteiger partial charge in [-0.2, -0.15) is 0 Å². The highest BCUT2D eigenvalue weighted by atomic mass is 15.1. The van der Waals surface area contributed by atoms with Gasteiger partial charge in [0.15, 0.2) is 0 Å². The monoisotopic (exact) mass is 216 g/mol. The second-order valence-corrected chi connectivity index (χ2v) is 3.90. The zero-order valence-corrected chi connectivity index (χ0v) is 9.81. The molecule has 2 aromatic rings. The first-order valence-corrected chi connectivity index (χ1v) is 5.34. The maximum atomic E-state index is 4.32. The standard InChI is InChI=1S/C12H16N4/c1-9-11(5-4-6-13-9)15-10(2)12-14-7-8-16(12)3/h4-8,10,15H,1-3H3. The maximum Gasteiger partial charge on any atom is 0.130 e. The lowest BCUT2D eigenvalue weighted by Crippen LogP contribution is -2.12. The molecule has 2 rings (SSSR count). The van der Waals surface area contributed by atoms with Crippen molar-refractivity contribution in [2.24, 2.45) is 7.05 Å². The Morgan fingerprint density at radius 3 is 2.75 bits per heavy atom. The fourth-order valence-electron chi connectivity index (χ4n) is 1.73. The number of rotatable bonds is 3. The van der Waals surface area contributed by atoms with Gasteiger partial charge >= 0.3 is 0 Å². The number of aryl methyl sites for hydroxylation is 2. The molecule has 0 bridgehead atoms. The van der Waals surface area contributed by atoms with Gasteiger partial charge in [-0.3, -0.25) is 4.98 Å². The Morgan fingerprint density at radius 2 is 2.12 bits per heavy atom. The molecule has 1 unspecified atom stereocenters. The van der Waals surface area contributed by atoms with Gasteiger partial charge in [0.1, 0.15) is 5.82 Å². The Morgan fingerprint density at radius 1 is 1.31 bits per heavy atom. The van der Waals surface area contributed by atoms with E-state index in [4.69, 9.17) is 0 Å². The largest absolute Gasteiger partial charge is 0.374 e. The normalized spacial score (nSPS) is 12.4. The van der Waals surface area contributed by atoms with Crippen LogP contribution in [-0.4, -0.2) is 14.5 Å². The van der Waals surface area contributed by atoms with E-state index in [-0.39, 0.29) is 6.04 Å². The summed E-state index contributed by atoms with van der Waals surface area (Å²) in [6.07, 6.45) is 5.55. The van der Waals surface area contributed by atoms with Crippen molar-refractivity contribution in [2.45, 2.75) is 19.9 Å². The van der Waals surface area contributed by atoms with Crippen LogP contribution in [0, 0.1) is 6.92 Å². The predicted octanol–water partition coefficient (Wildman–Crippen LogP) is 2.30. The number of pyridine rings is 1. The van der Waals surface area contributed by atoms with Crippen molar-refractivity contribution in [1.29, 1.82) is 0 Å². The molecule has 0 saturated carbocycles. The van der Waals surface area contributed by atoms with E-state index in [0.29, 0.717) is 0 Å². The molecule has 0 spiro atoms. The van der Waals surface area contributed by atoms with Gasteiger partial charge in [0.25, 0.3) is 0 Å². The summed E-state index contributed by atoms with van der Waals surface area (Å²) in [6, 6.07) is 4.13. The quantitative estimate of drug-likeness (QED) is 0.856. The molecule has 0 aliphatic heterocycles. The van der Waals surface area contributed by atoms with Crippen molar-refractivity contribution >= 4 is 5.69 Å². The van der Waals surface area contributed by atoms with E-state index in [1.165, 1.54) is 0 Å². The van der Waals surface area contributed by atoms with Crippen LogP contribution in [0.5, 0.6) is 0 Å². The second kappa shape index (κ2) is 4.35. The highest BCUT2D eigenvalue weighted by Crippen LogP contribution is 2.18. The Hall–Kier alpha value is -1.84. The summed E-state index contributed by atoms with van der Waals surface area (Å²) in [5, 5.41) is 3.41. The molecule has 1 atom stereocenters. The van der Waals surface area contributed by atoms with E-state index in [2.05, 4.69) is 22.2 Å². The molecule has 4 heteroatoms. The molecule has 0 aliphatic carbocycles. The highest BCUT2D eigenvalue weighted by Gasteiger charge is 2.10. The fourth-order valence-corrected chi connectivity index (χ4v) is 1.73. The molecule has 2 heterocycles. The average Bonchev–Trinajstić information content (AvgIpc) is 2.68. The Balaban J connectivity index is 2.17. The molecular weight excluding hydrogens is 200 g/mol. The molecule has 0 radical (unpaired) electrons. The first kappa shape index (κ1) is 10.7. The van der Waals surface area contributed by atoms with Gasteiger partial charge in [-0.05, 0) is 26.0 Å². The van der Waals surface area contributed by atoms with Gasteiger partial charge in [-0.1, -0.05) is 0 Å². The molecule has 0 amide bonds. The molecule has 0 saturated heterocycles. The Kier molecular flexibility index (Phi) is 2.90. The molecule has 0 aromatic carbocycles. The van der Waals surface area contributed by atoms with E-state index in [1.54, 1.807) is 6.20 Å². The van der Waals surface area contributed by atoms with Crippen LogP contribution in [-0.2, 0) is 7.05 Å². The Bertz CT molecular complexity index is 475. The molecule has 4 nitrogen and oxygen atoms in total. The van der Waals surface area contributed by atoms with Gasteiger partial charge in [-0.25, -0.2) is 4.98 Å². The fraction of sp³-hybridized carbons (Fsp3) is 0.333. The lowest BCUT2D eigenvalue weighted by atomic mass is 10.2. The molecule has 1 N–H and O–H groups in total. The second-order valence-electron chi connectivity index (χ2n) is 3.90. The summed E-state index contributed by atoms with van der Waals surface area (Å²) in [5.41, 5.74) is 2.06. The molecule has 0 aliphatic rings. The van der Waals surface area contributed by atoms with Crippen LogP contribution in [0.25, 0.3) is 0 Å². The minimum Gasteiger partial charge on any atom is -0.374 e. The summed E-state index contributed by atoms with van der Waals surface area (Å²) in [4.78, 5) is 8.57. The third kappa shape index (κ3) is 2.05. The summed E-state index contributed by atoms with van der Waals surface area (Å²) in [6.45, 7) is 4.09. The van der Waals surface area contributed by atoms with Crippen molar-refractivity contribution in [2.75, 3.05) is 5.32 Å². The number of nitrogens with one attached hydrogen (secondary N) is 1. The van der Waals surface area contributed by atoms with Gasteiger partial charge < -0.3 is 9.88 Å². The first-order valence-electron chi connectivity index (χ1n) is 5.34. The summed E-state index contributed by atoms with van der Waals surface area (Å²) >= 11 is 0. The van der Waals surface area contributed by atoms with Crippen molar-refractivity contribution in [3.05, 3.63) is 42.2 Å². The van der Waals surface area contributed by atoms with E-state index in [1.807, 2.05) is 43.1 Å². The maximum absolute atomic E-state index is 4.32. The molecule has 84 valence electrons. The minimum absolute atomic E-state index is 0.169. The number of nitrogens with zero attached hydrogens (tertiary/aromatic N) is 3. The van der Waals surface area contributed by atoms with E-state index < -0.39 is 0 Å². The van der Waals surface area contributed by atoms with Crippen LogP contribution in [0.3, 0.4) is 0 Å². The summed E-state index contributed by atoms with van der Waals surface area (Å²) in [5.74, 6) is 1.02. The zero-order chi connectivity index (χ0) is 11.5. The van der Waals surface area contributed by atoms with Crippen molar-refractivity contribution in [1.82, 2.24) is 14.5 Å². The van der Waals surface area contributed by atoms with Crippen molar-refractivity contribution < 1.29 is 0 Å². The van der Waals surface area contributed by atoms with Gasteiger partial charge in [0.2, 0.25) is 0 Å². The van der Waals surface area contributed by atoms with Gasteiger partial charge in [0.05, 0.1) is 17.4 Å². The zero-order valence-electron chi connectivity index (χ0n) is 9.81. The van der Waals surface area contributed by atoms with E-state index in [9.17, 15) is 0 Å². The van der Waals surface area contributed by atoms with Gasteiger partial charge in [-0.15, -0.1) is 0 Å². The topological polar surface area (TPSA) is 42.7 Å². The van der Waals surface area contributed by atoms with Crippen molar-refractivity contribution in [3.8, 4) is 0 Å². The van der Waals surface area contributed by atoms with Gasteiger partial charge in [0, 0.05) is 25.6 Å². The van der Waals surface area contributed by atoms with Crippen LogP contribution in [0.4, 0.5) is 5.69 Å². The third-order valence-corrected chi connectivity index (χ3v) is 2.62. The molecule has 2 aromatic heterocycles. The number of hydrogen-bond acceptors (Lipinski definition) is 3. The minimum atomic E-state index is 0.169. The molecule has 0 fully saturated rings.